The molecular weight excluding hydrogens is 382 g/mol. The van der Waals surface area contributed by atoms with Crippen LogP contribution >= 0.6 is 11.3 Å². The van der Waals surface area contributed by atoms with Gasteiger partial charge < -0.3 is 10.6 Å². The second kappa shape index (κ2) is 8.17. The van der Waals surface area contributed by atoms with Crippen molar-refractivity contribution in [3.8, 4) is 0 Å². The minimum absolute atomic E-state index is 0.205. The van der Waals surface area contributed by atoms with Gasteiger partial charge in [-0.05, 0) is 61.9 Å². The molecule has 4 rings (SSSR count). The standard InChI is InChI=1S/C23H23N3O2S/c1-14-6-9-16(10-7-14)21(27)26-23-20(17-11-8-15(2)13-18(17)29-23)22(28)25-19-5-3-4-12-24-19/h3-7,9-10,12,15H,8,11,13H2,1-2H3,(H,26,27)(H,24,25,28). The van der Waals surface area contributed by atoms with Gasteiger partial charge in [0.15, 0.2) is 0 Å². The molecule has 0 spiro atoms. The highest BCUT2D eigenvalue weighted by Crippen LogP contribution is 2.40. The summed E-state index contributed by atoms with van der Waals surface area (Å²) in [5, 5.41) is 6.47. The fourth-order valence-corrected chi connectivity index (χ4v) is 4.98. The van der Waals surface area contributed by atoms with E-state index < -0.39 is 0 Å². The van der Waals surface area contributed by atoms with E-state index in [1.165, 1.54) is 16.2 Å². The number of anilines is 2. The molecule has 5 nitrogen and oxygen atoms in total. The lowest BCUT2D eigenvalue weighted by Gasteiger charge is -2.18. The van der Waals surface area contributed by atoms with Gasteiger partial charge >= 0.3 is 0 Å². The number of thiophene rings is 1. The highest BCUT2D eigenvalue weighted by atomic mass is 32.1. The van der Waals surface area contributed by atoms with Crippen LogP contribution in [0.15, 0.2) is 48.7 Å². The Balaban J connectivity index is 1.66. The summed E-state index contributed by atoms with van der Waals surface area (Å²) in [7, 11) is 0. The minimum atomic E-state index is -0.227. The van der Waals surface area contributed by atoms with Gasteiger partial charge in [-0.1, -0.05) is 30.7 Å². The van der Waals surface area contributed by atoms with Crippen LogP contribution in [-0.4, -0.2) is 16.8 Å². The van der Waals surface area contributed by atoms with Gasteiger partial charge in [-0.15, -0.1) is 11.3 Å². The summed E-state index contributed by atoms with van der Waals surface area (Å²) in [4.78, 5) is 31.3. The largest absolute Gasteiger partial charge is 0.313 e. The van der Waals surface area contributed by atoms with Crippen LogP contribution in [0.5, 0.6) is 0 Å². The predicted octanol–water partition coefficient (Wildman–Crippen LogP) is 5.08. The van der Waals surface area contributed by atoms with Gasteiger partial charge in [0.2, 0.25) is 0 Å². The zero-order valence-corrected chi connectivity index (χ0v) is 17.3. The highest BCUT2D eigenvalue weighted by molar-refractivity contribution is 7.17. The van der Waals surface area contributed by atoms with E-state index in [4.69, 9.17) is 0 Å². The fraction of sp³-hybridized carbons (Fsp3) is 0.261. The number of amides is 2. The molecule has 0 saturated heterocycles. The maximum Gasteiger partial charge on any atom is 0.260 e. The smallest absolute Gasteiger partial charge is 0.260 e. The first-order valence-electron chi connectivity index (χ1n) is 9.76. The Hall–Kier alpha value is -2.99. The Morgan fingerprint density at radius 1 is 1.07 bits per heavy atom. The third-order valence-corrected chi connectivity index (χ3v) is 6.36. The van der Waals surface area contributed by atoms with E-state index in [1.807, 2.05) is 25.1 Å². The van der Waals surface area contributed by atoms with Crippen LogP contribution in [-0.2, 0) is 12.8 Å². The number of carbonyl (C=O) groups excluding carboxylic acids is 2. The second-order valence-corrected chi connectivity index (χ2v) is 8.65. The van der Waals surface area contributed by atoms with Gasteiger partial charge in [-0.25, -0.2) is 4.98 Å². The van der Waals surface area contributed by atoms with Crippen molar-refractivity contribution < 1.29 is 9.59 Å². The third-order valence-electron chi connectivity index (χ3n) is 5.19. The number of carbonyl (C=O) groups is 2. The van der Waals surface area contributed by atoms with Crippen molar-refractivity contribution in [1.29, 1.82) is 0 Å². The van der Waals surface area contributed by atoms with Gasteiger partial charge in [0.05, 0.1) is 5.56 Å². The number of nitrogens with one attached hydrogen (secondary N) is 2. The Morgan fingerprint density at radius 3 is 2.59 bits per heavy atom. The normalized spacial score (nSPS) is 15.4. The molecule has 1 unspecified atom stereocenters. The van der Waals surface area contributed by atoms with Crippen molar-refractivity contribution in [1.82, 2.24) is 4.98 Å². The van der Waals surface area contributed by atoms with Gasteiger partial charge in [0.25, 0.3) is 11.8 Å². The molecule has 1 aliphatic carbocycles. The summed E-state index contributed by atoms with van der Waals surface area (Å²) >= 11 is 1.52. The van der Waals surface area contributed by atoms with Crippen LogP contribution in [0, 0.1) is 12.8 Å². The quantitative estimate of drug-likeness (QED) is 0.636. The van der Waals surface area contributed by atoms with Crippen LogP contribution in [0.25, 0.3) is 0 Å². The van der Waals surface area contributed by atoms with Gasteiger partial charge in [0.1, 0.15) is 10.8 Å². The number of pyridine rings is 1. The van der Waals surface area contributed by atoms with E-state index in [2.05, 4.69) is 22.5 Å². The number of hydrogen-bond acceptors (Lipinski definition) is 4. The Morgan fingerprint density at radius 2 is 1.86 bits per heavy atom. The predicted molar refractivity (Wildman–Crippen MR) is 117 cm³/mol. The molecule has 2 amide bonds. The molecule has 0 fully saturated rings. The fourth-order valence-electron chi connectivity index (χ4n) is 3.57. The summed E-state index contributed by atoms with van der Waals surface area (Å²) in [6, 6.07) is 12.8. The van der Waals surface area contributed by atoms with Crippen molar-refractivity contribution >= 4 is 34.0 Å². The number of aromatic nitrogens is 1. The van der Waals surface area contributed by atoms with E-state index in [9.17, 15) is 9.59 Å². The molecule has 1 aromatic carbocycles. The van der Waals surface area contributed by atoms with Crippen LogP contribution in [0.3, 0.4) is 0 Å². The lowest BCUT2D eigenvalue weighted by Crippen LogP contribution is -2.19. The summed E-state index contributed by atoms with van der Waals surface area (Å²) in [5.74, 6) is 0.643. The van der Waals surface area contributed by atoms with Gasteiger partial charge in [-0.3, -0.25) is 9.59 Å². The number of hydrogen-bond donors (Lipinski definition) is 2. The van der Waals surface area contributed by atoms with Crippen LogP contribution < -0.4 is 10.6 Å². The average molecular weight is 406 g/mol. The lowest BCUT2D eigenvalue weighted by molar-refractivity contribution is 0.102. The Bertz CT molecular complexity index is 1040. The maximum absolute atomic E-state index is 13.1. The molecule has 3 aromatic rings. The number of fused-ring (bicyclic) bond motifs is 1. The number of nitrogens with zero attached hydrogens (tertiary/aromatic N) is 1. The molecule has 2 aromatic heterocycles. The van der Waals surface area contributed by atoms with E-state index in [1.54, 1.807) is 30.5 Å². The van der Waals surface area contributed by atoms with Crippen molar-refractivity contribution in [2.45, 2.75) is 33.1 Å². The van der Waals surface area contributed by atoms with Crippen molar-refractivity contribution in [2.75, 3.05) is 10.6 Å². The van der Waals surface area contributed by atoms with E-state index in [0.717, 1.165) is 30.4 Å². The molecule has 29 heavy (non-hydrogen) atoms. The molecule has 1 aliphatic rings. The molecule has 0 radical (unpaired) electrons. The monoisotopic (exact) mass is 405 g/mol. The van der Waals surface area contributed by atoms with Crippen LogP contribution in [0.1, 0.15) is 50.1 Å². The van der Waals surface area contributed by atoms with E-state index >= 15 is 0 Å². The van der Waals surface area contributed by atoms with E-state index in [-0.39, 0.29) is 11.8 Å². The Labute approximate surface area is 174 Å². The highest BCUT2D eigenvalue weighted by Gasteiger charge is 2.28. The second-order valence-electron chi connectivity index (χ2n) is 7.55. The molecular formula is C23H23N3O2S. The summed E-state index contributed by atoms with van der Waals surface area (Å²) in [6.07, 6.45) is 4.46. The third kappa shape index (κ3) is 4.22. The van der Waals surface area contributed by atoms with E-state index in [0.29, 0.717) is 27.9 Å². The zero-order chi connectivity index (χ0) is 20.4. The van der Waals surface area contributed by atoms with Crippen molar-refractivity contribution in [2.24, 2.45) is 5.92 Å². The first-order valence-corrected chi connectivity index (χ1v) is 10.6. The topological polar surface area (TPSA) is 71.1 Å². The molecule has 2 heterocycles. The SMILES string of the molecule is Cc1ccc(C(=O)Nc2sc3c(c2C(=O)Nc2ccccn2)CCC(C)C3)cc1. The van der Waals surface area contributed by atoms with Crippen LogP contribution in [0.2, 0.25) is 0 Å². The number of aryl methyl sites for hydroxylation is 1. The van der Waals surface area contributed by atoms with Crippen LogP contribution in [0.4, 0.5) is 10.8 Å². The number of rotatable bonds is 4. The molecule has 148 valence electrons. The average Bonchev–Trinajstić information content (AvgIpc) is 3.06. The Kier molecular flexibility index (Phi) is 5.45. The van der Waals surface area contributed by atoms with Gasteiger partial charge in [-0.2, -0.15) is 0 Å². The molecule has 0 bridgehead atoms. The molecule has 2 N–H and O–H groups in total. The first kappa shape index (κ1) is 19.3. The minimum Gasteiger partial charge on any atom is -0.313 e. The summed E-state index contributed by atoms with van der Waals surface area (Å²) < 4.78 is 0. The maximum atomic E-state index is 13.1. The zero-order valence-electron chi connectivity index (χ0n) is 16.5. The van der Waals surface area contributed by atoms with Crippen molar-refractivity contribution in [3.05, 3.63) is 75.8 Å². The first-order chi connectivity index (χ1) is 14.0. The molecule has 1 atom stereocenters. The number of benzene rings is 1. The van der Waals surface area contributed by atoms with Gasteiger partial charge in [0, 0.05) is 16.6 Å². The molecule has 6 heteroatoms. The van der Waals surface area contributed by atoms with Crippen molar-refractivity contribution in [3.63, 3.8) is 0 Å². The molecule has 0 aliphatic heterocycles. The summed E-state index contributed by atoms with van der Waals surface area (Å²) in [6.45, 7) is 4.21. The molecule has 0 saturated carbocycles. The lowest BCUT2D eigenvalue weighted by atomic mass is 9.88. The summed E-state index contributed by atoms with van der Waals surface area (Å²) in [5.41, 5.74) is 3.30.